The number of aromatic nitrogens is 1. The number of anilines is 2. The van der Waals surface area contributed by atoms with E-state index in [2.05, 4.69) is 41.2 Å². The van der Waals surface area contributed by atoms with Crippen molar-refractivity contribution in [1.82, 2.24) is 4.98 Å². The maximum absolute atomic E-state index is 5.27. The Labute approximate surface area is 109 Å². The maximum Gasteiger partial charge on any atom is 0.128 e. The molecule has 0 saturated heterocycles. The van der Waals surface area contributed by atoms with Gasteiger partial charge < -0.3 is 15.0 Å². The molecule has 100 valence electrons. The van der Waals surface area contributed by atoms with Crippen molar-refractivity contribution in [2.45, 2.75) is 38.8 Å². The van der Waals surface area contributed by atoms with Gasteiger partial charge in [0.25, 0.3) is 0 Å². The first-order chi connectivity index (χ1) is 8.76. The average Bonchev–Trinajstić information content (AvgIpc) is 2.36. The third-order valence-corrected chi connectivity index (χ3v) is 3.63. The van der Waals surface area contributed by atoms with Gasteiger partial charge in [-0.2, -0.15) is 0 Å². The predicted octanol–water partition coefficient (Wildman–Crippen LogP) is 2.52. The minimum atomic E-state index is 0.436. The van der Waals surface area contributed by atoms with Crippen LogP contribution in [0.2, 0.25) is 0 Å². The van der Waals surface area contributed by atoms with Crippen LogP contribution in [0.4, 0.5) is 11.5 Å². The number of nitrogens with one attached hydrogen (secondary N) is 1. The van der Waals surface area contributed by atoms with Crippen LogP contribution in [0.1, 0.15) is 26.7 Å². The van der Waals surface area contributed by atoms with Crippen LogP contribution in [-0.4, -0.2) is 37.3 Å². The molecule has 0 bridgehead atoms. The largest absolute Gasteiger partial charge is 0.381 e. The molecule has 0 atom stereocenters. The summed E-state index contributed by atoms with van der Waals surface area (Å²) in [6, 6.07) is 4.74. The molecule has 1 fully saturated rings. The lowest BCUT2D eigenvalue weighted by Gasteiger charge is -2.35. The Morgan fingerprint density at radius 3 is 2.56 bits per heavy atom. The molecule has 1 N–H and O–H groups in total. The number of rotatable bonds is 6. The molecule has 4 heteroatoms. The molecule has 1 aromatic heterocycles. The Morgan fingerprint density at radius 1 is 1.33 bits per heavy atom. The standard InChI is InChI=1S/C14H23N3O/c1-4-17(5-2)14-7-6-11(10-15-14)16-12-8-13(9-12)18-3/h6-7,10,12-13,16H,4-5,8-9H2,1-3H3. The smallest absolute Gasteiger partial charge is 0.128 e. The number of pyridine rings is 1. The quantitative estimate of drug-likeness (QED) is 0.840. The monoisotopic (exact) mass is 249 g/mol. The van der Waals surface area contributed by atoms with Gasteiger partial charge in [0.2, 0.25) is 0 Å². The lowest BCUT2D eigenvalue weighted by atomic mass is 9.89. The van der Waals surface area contributed by atoms with E-state index >= 15 is 0 Å². The molecular weight excluding hydrogens is 226 g/mol. The minimum Gasteiger partial charge on any atom is -0.381 e. The van der Waals surface area contributed by atoms with Gasteiger partial charge in [-0.3, -0.25) is 0 Å². The highest BCUT2D eigenvalue weighted by molar-refractivity contribution is 5.49. The molecule has 0 radical (unpaired) electrons. The minimum absolute atomic E-state index is 0.436. The van der Waals surface area contributed by atoms with Gasteiger partial charge in [0.1, 0.15) is 5.82 Å². The number of methoxy groups -OCH3 is 1. The van der Waals surface area contributed by atoms with Crippen LogP contribution in [0.25, 0.3) is 0 Å². The Morgan fingerprint density at radius 2 is 2.06 bits per heavy atom. The summed E-state index contributed by atoms with van der Waals surface area (Å²) in [7, 11) is 1.78. The van der Waals surface area contributed by atoms with Crippen molar-refractivity contribution in [1.29, 1.82) is 0 Å². The molecule has 2 rings (SSSR count). The fraction of sp³-hybridized carbons (Fsp3) is 0.643. The molecule has 0 amide bonds. The first-order valence-electron chi connectivity index (χ1n) is 6.77. The van der Waals surface area contributed by atoms with Crippen molar-refractivity contribution in [2.75, 3.05) is 30.4 Å². The topological polar surface area (TPSA) is 37.4 Å². The van der Waals surface area contributed by atoms with E-state index in [4.69, 9.17) is 4.74 Å². The Balaban J connectivity index is 1.88. The molecule has 0 aromatic carbocycles. The molecule has 1 saturated carbocycles. The van der Waals surface area contributed by atoms with Crippen LogP contribution in [0.3, 0.4) is 0 Å². The Hall–Kier alpha value is -1.29. The summed E-state index contributed by atoms with van der Waals surface area (Å²) in [6.45, 7) is 6.29. The van der Waals surface area contributed by atoms with Gasteiger partial charge in [0.15, 0.2) is 0 Å². The SMILES string of the molecule is CCN(CC)c1ccc(NC2CC(OC)C2)cn1. The average molecular weight is 249 g/mol. The molecule has 18 heavy (non-hydrogen) atoms. The first kappa shape index (κ1) is 13.1. The number of nitrogens with zero attached hydrogens (tertiary/aromatic N) is 2. The number of hydrogen-bond acceptors (Lipinski definition) is 4. The normalized spacial score (nSPS) is 22.4. The second-order valence-corrected chi connectivity index (χ2v) is 4.75. The van der Waals surface area contributed by atoms with Crippen molar-refractivity contribution in [3.63, 3.8) is 0 Å². The van der Waals surface area contributed by atoms with E-state index in [1.165, 1.54) is 0 Å². The van der Waals surface area contributed by atoms with Crippen LogP contribution in [0, 0.1) is 0 Å². The molecule has 1 aliphatic rings. The molecule has 4 nitrogen and oxygen atoms in total. The lowest BCUT2D eigenvalue weighted by Crippen LogP contribution is -2.40. The third-order valence-electron chi connectivity index (χ3n) is 3.63. The zero-order valence-corrected chi connectivity index (χ0v) is 11.5. The van der Waals surface area contributed by atoms with Gasteiger partial charge in [-0.1, -0.05) is 0 Å². The molecule has 1 heterocycles. The zero-order valence-electron chi connectivity index (χ0n) is 11.5. The summed E-state index contributed by atoms with van der Waals surface area (Å²) in [5, 5.41) is 3.48. The van der Waals surface area contributed by atoms with Crippen LogP contribution in [0.15, 0.2) is 18.3 Å². The van der Waals surface area contributed by atoms with Crippen molar-refractivity contribution in [3.05, 3.63) is 18.3 Å². The van der Waals surface area contributed by atoms with Crippen molar-refractivity contribution in [3.8, 4) is 0 Å². The molecule has 1 aliphatic carbocycles. The van der Waals surface area contributed by atoms with Gasteiger partial charge in [-0.25, -0.2) is 4.98 Å². The number of ether oxygens (including phenoxy) is 1. The third kappa shape index (κ3) is 2.93. The van der Waals surface area contributed by atoms with Crippen molar-refractivity contribution < 1.29 is 4.74 Å². The van der Waals surface area contributed by atoms with E-state index in [-0.39, 0.29) is 0 Å². The molecule has 0 aliphatic heterocycles. The number of hydrogen-bond donors (Lipinski definition) is 1. The fourth-order valence-corrected chi connectivity index (χ4v) is 2.32. The summed E-state index contributed by atoms with van der Waals surface area (Å²) < 4.78 is 5.27. The highest BCUT2D eigenvalue weighted by Crippen LogP contribution is 2.26. The predicted molar refractivity (Wildman–Crippen MR) is 75.2 cm³/mol. The van der Waals surface area contributed by atoms with Crippen molar-refractivity contribution in [2.24, 2.45) is 0 Å². The summed E-state index contributed by atoms with van der Waals surface area (Å²) in [5.41, 5.74) is 1.10. The van der Waals surface area contributed by atoms with E-state index in [0.717, 1.165) is 37.4 Å². The van der Waals surface area contributed by atoms with E-state index in [1.54, 1.807) is 7.11 Å². The summed E-state index contributed by atoms with van der Waals surface area (Å²) >= 11 is 0. The van der Waals surface area contributed by atoms with Crippen LogP contribution in [0.5, 0.6) is 0 Å². The van der Waals surface area contributed by atoms with Crippen molar-refractivity contribution >= 4 is 11.5 Å². The van der Waals surface area contributed by atoms with Crippen LogP contribution in [-0.2, 0) is 4.74 Å². The second-order valence-electron chi connectivity index (χ2n) is 4.75. The molecular formula is C14H23N3O. The summed E-state index contributed by atoms with van der Waals surface area (Å²) in [6.07, 6.45) is 4.54. The first-order valence-corrected chi connectivity index (χ1v) is 6.77. The molecule has 0 spiro atoms. The highest BCUT2D eigenvalue weighted by atomic mass is 16.5. The maximum atomic E-state index is 5.27. The second kappa shape index (κ2) is 6.05. The fourth-order valence-electron chi connectivity index (χ4n) is 2.32. The van der Waals surface area contributed by atoms with E-state index in [9.17, 15) is 0 Å². The van der Waals surface area contributed by atoms with E-state index in [1.807, 2.05) is 6.20 Å². The van der Waals surface area contributed by atoms with Gasteiger partial charge in [-0.15, -0.1) is 0 Å². The van der Waals surface area contributed by atoms with Gasteiger partial charge >= 0.3 is 0 Å². The lowest BCUT2D eigenvalue weighted by molar-refractivity contribution is 0.0328. The summed E-state index contributed by atoms with van der Waals surface area (Å²) in [4.78, 5) is 6.75. The van der Waals surface area contributed by atoms with Gasteiger partial charge in [0.05, 0.1) is 18.0 Å². The summed E-state index contributed by atoms with van der Waals surface area (Å²) in [5.74, 6) is 1.05. The van der Waals surface area contributed by atoms with Gasteiger partial charge in [-0.05, 0) is 38.8 Å². The van der Waals surface area contributed by atoms with Gasteiger partial charge in [0, 0.05) is 26.2 Å². The molecule has 0 unspecified atom stereocenters. The van der Waals surface area contributed by atoms with Crippen LogP contribution >= 0.6 is 0 Å². The Bertz CT molecular complexity index is 356. The van der Waals surface area contributed by atoms with E-state index < -0.39 is 0 Å². The molecule has 1 aromatic rings. The van der Waals surface area contributed by atoms with Crippen LogP contribution < -0.4 is 10.2 Å². The van der Waals surface area contributed by atoms with E-state index in [0.29, 0.717) is 12.1 Å². The Kier molecular flexibility index (Phi) is 4.42. The highest BCUT2D eigenvalue weighted by Gasteiger charge is 2.28. The zero-order chi connectivity index (χ0) is 13.0.